The summed E-state index contributed by atoms with van der Waals surface area (Å²) >= 11 is 6.50. The number of benzene rings is 1. The van der Waals surface area contributed by atoms with Gasteiger partial charge in [0, 0.05) is 0 Å². The molecule has 35 heavy (non-hydrogen) atoms. The second-order valence-electron chi connectivity index (χ2n) is 9.31. The van der Waals surface area contributed by atoms with Crippen LogP contribution in [0.15, 0.2) is 23.1 Å². The van der Waals surface area contributed by atoms with E-state index < -0.39 is 12.0 Å². The summed E-state index contributed by atoms with van der Waals surface area (Å²) in [6.45, 7) is 10.5. The van der Waals surface area contributed by atoms with E-state index in [1.807, 2.05) is 39.0 Å². The number of hydrogen-bond donors (Lipinski definition) is 1. The van der Waals surface area contributed by atoms with Gasteiger partial charge in [0.05, 0.1) is 17.6 Å². The molecule has 1 N–H and O–H groups in total. The van der Waals surface area contributed by atoms with E-state index in [-0.39, 0.29) is 22.2 Å². The van der Waals surface area contributed by atoms with Crippen LogP contribution >= 0.6 is 24.0 Å². The zero-order valence-corrected chi connectivity index (χ0v) is 23.2. The van der Waals surface area contributed by atoms with E-state index in [0.29, 0.717) is 29.4 Å². The molecule has 2 atom stereocenters. The van der Waals surface area contributed by atoms with Crippen LogP contribution < -0.4 is 9.47 Å². The van der Waals surface area contributed by atoms with Crippen molar-refractivity contribution >= 4 is 46.3 Å². The lowest BCUT2D eigenvalue weighted by Gasteiger charge is -2.24. The summed E-state index contributed by atoms with van der Waals surface area (Å²) in [5.74, 6) is 0.00178. The Balaban J connectivity index is 2.15. The molecule has 0 saturated carbocycles. The summed E-state index contributed by atoms with van der Waals surface area (Å²) in [5, 5.41) is 9.67. The van der Waals surface area contributed by atoms with E-state index in [0.717, 1.165) is 30.2 Å². The molecule has 0 aliphatic carbocycles. The van der Waals surface area contributed by atoms with E-state index in [2.05, 4.69) is 13.8 Å². The number of carboxylic acids is 1. The molecule has 2 rings (SSSR count). The van der Waals surface area contributed by atoms with E-state index >= 15 is 0 Å². The van der Waals surface area contributed by atoms with Gasteiger partial charge in [-0.15, -0.1) is 0 Å². The van der Waals surface area contributed by atoms with Crippen LogP contribution in [0.4, 0.5) is 0 Å². The van der Waals surface area contributed by atoms with Crippen LogP contribution in [0.1, 0.15) is 85.1 Å². The molecule has 1 saturated heterocycles. The maximum absolute atomic E-state index is 13.1. The molecule has 1 aliphatic rings. The van der Waals surface area contributed by atoms with Crippen molar-refractivity contribution in [1.29, 1.82) is 0 Å². The van der Waals surface area contributed by atoms with Gasteiger partial charge in [-0.25, -0.2) is 4.79 Å². The number of nitrogens with zero attached hydrogens (tertiary/aromatic N) is 1. The quantitative estimate of drug-likeness (QED) is 0.153. The molecule has 194 valence electrons. The average molecular weight is 522 g/mol. The minimum absolute atomic E-state index is 0.0758. The van der Waals surface area contributed by atoms with Crippen LogP contribution in [0.3, 0.4) is 0 Å². The number of carboxylic acid groups (broad SMARTS) is 1. The molecular formula is C27H39NO5S2. The Morgan fingerprint density at radius 1 is 1.14 bits per heavy atom. The lowest BCUT2D eigenvalue weighted by Crippen LogP contribution is -2.44. The molecule has 1 aromatic carbocycles. The highest BCUT2D eigenvalue weighted by molar-refractivity contribution is 8.26. The van der Waals surface area contributed by atoms with Crippen molar-refractivity contribution in [2.45, 2.75) is 91.7 Å². The second kappa shape index (κ2) is 14.5. The van der Waals surface area contributed by atoms with Gasteiger partial charge in [-0.3, -0.25) is 9.69 Å². The lowest BCUT2D eigenvalue weighted by atomic mass is 10.0. The summed E-state index contributed by atoms with van der Waals surface area (Å²) in [4.78, 5) is 26.5. The molecule has 2 unspecified atom stereocenters. The highest BCUT2D eigenvalue weighted by atomic mass is 32.2. The predicted molar refractivity (Wildman–Crippen MR) is 147 cm³/mol. The van der Waals surface area contributed by atoms with Crippen molar-refractivity contribution in [3.05, 3.63) is 28.7 Å². The molecule has 1 heterocycles. The smallest absolute Gasteiger partial charge is 0.326 e. The van der Waals surface area contributed by atoms with Crippen molar-refractivity contribution in [3.8, 4) is 11.5 Å². The molecule has 0 spiro atoms. The van der Waals surface area contributed by atoms with Crippen LogP contribution in [0.25, 0.3) is 6.08 Å². The topological polar surface area (TPSA) is 76.1 Å². The molecule has 0 radical (unpaired) electrons. The monoisotopic (exact) mass is 521 g/mol. The Bertz CT molecular complexity index is 915. The van der Waals surface area contributed by atoms with E-state index in [9.17, 15) is 14.7 Å². The molecular weight excluding hydrogens is 482 g/mol. The summed E-state index contributed by atoms with van der Waals surface area (Å²) in [6.07, 6.45) is 9.27. The van der Waals surface area contributed by atoms with E-state index in [4.69, 9.17) is 21.7 Å². The zero-order valence-electron chi connectivity index (χ0n) is 21.5. The molecule has 1 aliphatic heterocycles. The fraction of sp³-hybridized carbons (Fsp3) is 0.593. The number of aliphatic carboxylic acids is 1. The van der Waals surface area contributed by atoms with Gasteiger partial charge in [0.15, 0.2) is 11.5 Å². The summed E-state index contributed by atoms with van der Waals surface area (Å²) in [5.41, 5.74) is 0.768. The SMILES string of the molecule is CCCCCCCC(C)Oc1ccc(/C=C2/SC(=S)N(C(CC(C)C)C(=O)O)C2=O)cc1OCC. The standard InChI is InChI=1S/C27H39NO5S2/c1-6-8-9-10-11-12-19(5)33-22-14-13-20(16-23(22)32-7-2)17-24-25(29)28(27(34)35-24)21(26(30)31)15-18(3)4/h13-14,16-19,21H,6-12,15H2,1-5H3,(H,30,31)/b24-17+. The first kappa shape index (κ1) is 29.2. The number of carbonyl (C=O) groups is 2. The number of amides is 1. The van der Waals surface area contributed by atoms with E-state index in [1.165, 1.54) is 30.6 Å². The van der Waals surface area contributed by atoms with Gasteiger partial charge >= 0.3 is 5.97 Å². The van der Waals surface area contributed by atoms with Crippen molar-refractivity contribution in [2.24, 2.45) is 5.92 Å². The van der Waals surface area contributed by atoms with Crippen LogP contribution in [0.2, 0.25) is 0 Å². The third kappa shape index (κ3) is 8.83. The number of rotatable bonds is 15. The Hall–Kier alpha value is -2.06. The normalized spacial score (nSPS) is 16.7. The molecule has 1 amide bonds. The van der Waals surface area contributed by atoms with Crippen LogP contribution in [0, 0.1) is 5.92 Å². The number of thioether (sulfide) groups is 1. The number of carbonyl (C=O) groups excluding carboxylic acids is 1. The maximum atomic E-state index is 13.1. The van der Waals surface area contributed by atoms with Crippen molar-refractivity contribution in [2.75, 3.05) is 6.61 Å². The number of thiocarbonyl (C=S) groups is 1. The molecule has 0 aromatic heterocycles. The third-order valence-electron chi connectivity index (χ3n) is 5.72. The maximum Gasteiger partial charge on any atom is 0.326 e. The minimum Gasteiger partial charge on any atom is -0.490 e. The van der Waals surface area contributed by atoms with Gasteiger partial charge in [-0.05, 0) is 62.8 Å². The Labute approximate surface area is 219 Å². The molecule has 1 fully saturated rings. The highest BCUT2D eigenvalue weighted by Crippen LogP contribution is 2.37. The van der Waals surface area contributed by atoms with Gasteiger partial charge in [0.2, 0.25) is 0 Å². The van der Waals surface area contributed by atoms with Crippen molar-refractivity contribution < 1.29 is 24.2 Å². The highest BCUT2D eigenvalue weighted by Gasteiger charge is 2.40. The summed E-state index contributed by atoms with van der Waals surface area (Å²) < 4.78 is 12.3. The lowest BCUT2D eigenvalue weighted by molar-refractivity contribution is -0.145. The second-order valence-corrected chi connectivity index (χ2v) is 11.0. The van der Waals surface area contributed by atoms with E-state index in [1.54, 1.807) is 6.08 Å². The van der Waals surface area contributed by atoms with Crippen LogP contribution in [-0.4, -0.2) is 45.0 Å². The van der Waals surface area contributed by atoms with Crippen LogP contribution in [0.5, 0.6) is 11.5 Å². The van der Waals surface area contributed by atoms with Crippen molar-refractivity contribution in [1.82, 2.24) is 4.90 Å². The van der Waals surface area contributed by atoms with Crippen molar-refractivity contribution in [3.63, 3.8) is 0 Å². The molecule has 6 nitrogen and oxygen atoms in total. The summed E-state index contributed by atoms with van der Waals surface area (Å²) in [7, 11) is 0. The number of hydrogen-bond acceptors (Lipinski definition) is 6. The Morgan fingerprint density at radius 2 is 1.86 bits per heavy atom. The third-order valence-corrected chi connectivity index (χ3v) is 7.05. The number of unbranched alkanes of at least 4 members (excludes halogenated alkanes) is 4. The first-order chi connectivity index (χ1) is 16.7. The predicted octanol–water partition coefficient (Wildman–Crippen LogP) is 6.91. The molecule has 1 aromatic rings. The van der Waals surface area contributed by atoms with Gasteiger partial charge in [0.25, 0.3) is 5.91 Å². The first-order valence-corrected chi connectivity index (χ1v) is 13.8. The minimum atomic E-state index is -1.05. The molecule has 0 bridgehead atoms. The Kier molecular flexibility index (Phi) is 12.1. The summed E-state index contributed by atoms with van der Waals surface area (Å²) in [6, 6.07) is 4.62. The van der Waals surface area contributed by atoms with Gasteiger partial charge in [-0.1, -0.05) is 76.5 Å². The average Bonchev–Trinajstić information content (AvgIpc) is 3.06. The fourth-order valence-electron chi connectivity index (χ4n) is 3.95. The largest absolute Gasteiger partial charge is 0.490 e. The Morgan fingerprint density at radius 3 is 2.49 bits per heavy atom. The fourth-order valence-corrected chi connectivity index (χ4v) is 5.31. The zero-order chi connectivity index (χ0) is 26.0. The molecule has 8 heteroatoms. The van der Waals surface area contributed by atoms with Gasteiger partial charge in [-0.2, -0.15) is 0 Å². The van der Waals surface area contributed by atoms with Gasteiger partial charge in [0.1, 0.15) is 10.4 Å². The van der Waals surface area contributed by atoms with Gasteiger partial charge < -0.3 is 14.6 Å². The number of ether oxygens (including phenoxy) is 2. The first-order valence-electron chi connectivity index (χ1n) is 12.6. The van der Waals surface area contributed by atoms with Crippen LogP contribution in [-0.2, 0) is 9.59 Å².